The van der Waals surface area contributed by atoms with Gasteiger partial charge in [0.1, 0.15) is 5.82 Å². The van der Waals surface area contributed by atoms with Crippen molar-refractivity contribution in [2.75, 3.05) is 26.2 Å². The Hall–Kier alpha value is -1.83. The van der Waals surface area contributed by atoms with E-state index in [-0.39, 0.29) is 10.5 Å². The Bertz CT molecular complexity index is 804. The van der Waals surface area contributed by atoms with Crippen LogP contribution in [0.5, 0.6) is 0 Å². The normalized spacial score (nSPS) is 17.1. The molecule has 2 aromatic rings. The number of hydrogen-bond donors (Lipinski definition) is 0. The van der Waals surface area contributed by atoms with E-state index in [4.69, 9.17) is 0 Å². The maximum absolute atomic E-state index is 13.7. The molecule has 2 heterocycles. The van der Waals surface area contributed by atoms with Crippen LogP contribution in [0.1, 0.15) is 11.1 Å². The van der Waals surface area contributed by atoms with Gasteiger partial charge in [0.15, 0.2) is 0 Å². The highest BCUT2D eigenvalue weighted by Gasteiger charge is 2.30. The Morgan fingerprint density at radius 1 is 1.12 bits per heavy atom. The standard InChI is InChI=1S/C17H20FN3O2S/c1-14-16(18)5-2-6-17(14)24(22,23)21-10-8-20(9-11-21)13-15-4-3-7-19-12-15/h2-7,12H,8-11,13H2,1H3. The smallest absolute Gasteiger partial charge is 0.243 e. The Kier molecular flexibility index (Phi) is 4.93. The lowest BCUT2D eigenvalue weighted by atomic mass is 10.2. The van der Waals surface area contributed by atoms with Crippen molar-refractivity contribution in [2.24, 2.45) is 0 Å². The Morgan fingerprint density at radius 2 is 1.88 bits per heavy atom. The molecule has 0 amide bonds. The summed E-state index contributed by atoms with van der Waals surface area (Å²) in [6, 6.07) is 8.08. The van der Waals surface area contributed by atoms with Crippen molar-refractivity contribution < 1.29 is 12.8 Å². The molecule has 1 aliphatic heterocycles. The molecule has 5 nitrogen and oxygen atoms in total. The number of rotatable bonds is 4. The lowest BCUT2D eigenvalue weighted by Crippen LogP contribution is -2.48. The second kappa shape index (κ2) is 6.96. The van der Waals surface area contributed by atoms with Crippen LogP contribution >= 0.6 is 0 Å². The monoisotopic (exact) mass is 349 g/mol. The van der Waals surface area contributed by atoms with E-state index >= 15 is 0 Å². The molecule has 1 aliphatic rings. The van der Waals surface area contributed by atoms with Crippen molar-refractivity contribution in [3.05, 3.63) is 59.7 Å². The minimum absolute atomic E-state index is 0.0585. The third-order valence-electron chi connectivity index (χ3n) is 4.30. The lowest BCUT2D eigenvalue weighted by molar-refractivity contribution is 0.181. The number of sulfonamides is 1. The fraction of sp³-hybridized carbons (Fsp3) is 0.353. The average molecular weight is 349 g/mol. The van der Waals surface area contributed by atoms with Crippen molar-refractivity contribution in [3.63, 3.8) is 0 Å². The van der Waals surface area contributed by atoms with Crippen molar-refractivity contribution in [3.8, 4) is 0 Å². The summed E-state index contributed by atoms with van der Waals surface area (Å²) in [4.78, 5) is 6.35. The molecule has 1 fully saturated rings. The fourth-order valence-corrected chi connectivity index (χ4v) is 4.54. The molecule has 0 spiro atoms. The second-order valence-electron chi connectivity index (χ2n) is 5.90. The van der Waals surface area contributed by atoms with Gasteiger partial charge in [0, 0.05) is 50.7 Å². The average Bonchev–Trinajstić information content (AvgIpc) is 2.58. The topological polar surface area (TPSA) is 53.5 Å². The number of benzene rings is 1. The Morgan fingerprint density at radius 3 is 2.54 bits per heavy atom. The molecule has 1 aromatic heterocycles. The number of piperazine rings is 1. The zero-order valence-corrected chi connectivity index (χ0v) is 14.3. The molecule has 7 heteroatoms. The van der Waals surface area contributed by atoms with Crippen LogP contribution < -0.4 is 0 Å². The molecule has 1 saturated heterocycles. The van der Waals surface area contributed by atoms with Crippen LogP contribution in [-0.4, -0.2) is 48.8 Å². The third kappa shape index (κ3) is 3.48. The quantitative estimate of drug-likeness (QED) is 0.848. The lowest BCUT2D eigenvalue weighted by Gasteiger charge is -2.34. The Balaban J connectivity index is 1.69. The summed E-state index contributed by atoms with van der Waals surface area (Å²) in [5, 5.41) is 0. The molecule has 0 bridgehead atoms. The van der Waals surface area contributed by atoms with Crippen LogP contribution in [0.3, 0.4) is 0 Å². The second-order valence-corrected chi connectivity index (χ2v) is 7.81. The van der Waals surface area contributed by atoms with Crippen molar-refractivity contribution in [1.82, 2.24) is 14.2 Å². The van der Waals surface area contributed by atoms with Gasteiger partial charge in [-0.1, -0.05) is 12.1 Å². The first-order valence-electron chi connectivity index (χ1n) is 7.85. The van der Waals surface area contributed by atoms with Gasteiger partial charge in [0.05, 0.1) is 4.90 Å². The van der Waals surface area contributed by atoms with Gasteiger partial charge in [-0.05, 0) is 30.7 Å². The summed E-state index contributed by atoms with van der Waals surface area (Å²) in [5.41, 5.74) is 1.28. The van der Waals surface area contributed by atoms with Crippen LogP contribution in [0.2, 0.25) is 0 Å². The molecule has 0 atom stereocenters. The van der Waals surface area contributed by atoms with E-state index in [0.717, 1.165) is 12.1 Å². The zero-order valence-electron chi connectivity index (χ0n) is 13.5. The number of halogens is 1. The minimum Gasteiger partial charge on any atom is -0.296 e. The summed E-state index contributed by atoms with van der Waals surface area (Å²) in [5.74, 6) is -0.494. The van der Waals surface area contributed by atoms with E-state index in [0.29, 0.717) is 26.2 Å². The van der Waals surface area contributed by atoms with Crippen molar-refractivity contribution in [2.45, 2.75) is 18.4 Å². The highest BCUT2D eigenvalue weighted by molar-refractivity contribution is 7.89. The van der Waals surface area contributed by atoms with E-state index in [2.05, 4.69) is 9.88 Å². The number of nitrogens with zero attached hydrogens (tertiary/aromatic N) is 3. The first kappa shape index (κ1) is 17.0. The van der Waals surface area contributed by atoms with Crippen LogP contribution in [0.15, 0.2) is 47.6 Å². The van der Waals surface area contributed by atoms with Crippen molar-refractivity contribution in [1.29, 1.82) is 0 Å². The fourth-order valence-electron chi connectivity index (χ4n) is 2.88. The van der Waals surface area contributed by atoms with E-state index in [9.17, 15) is 12.8 Å². The van der Waals surface area contributed by atoms with Gasteiger partial charge in [-0.3, -0.25) is 9.88 Å². The molecule has 1 aromatic carbocycles. The van der Waals surface area contributed by atoms with Gasteiger partial charge in [-0.2, -0.15) is 4.31 Å². The van der Waals surface area contributed by atoms with Gasteiger partial charge in [0.25, 0.3) is 0 Å². The van der Waals surface area contributed by atoms with Gasteiger partial charge >= 0.3 is 0 Å². The molecule has 3 rings (SSSR count). The zero-order chi connectivity index (χ0) is 17.2. The molecule has 0 aliphatic carbocycles. The van der Waals surface area contributed by atoms with Crippen molar-refractivity contribution >= 4 is 10.0 Å². The molecular weight excluding hydrogens is 329 g/mol. The SMILES string of the molecule is Cc1c(F)cccc1S(=O)(=O)N1CCN(Cc2cccnc2)CC1. The number of pyridine rings is 1. The van der Waals surface area contributed by atoms with Crippen LogP contribution in [-0.2, 0) is 16.6 Å². The van der Waals surface area contributed by atoms with Gasteiger partial charge in [0.2, 0.25) is 10.0 Å². The molecular formula is C17H20FN3O2S. The predicted octanol–water partition coefficient (Wildman–Crippen LogP) is 2.04. The number of aromatic nitrogens is 1. The first-order chi connectivity index (χ1) is 11.5. The molecule has 0 radical (unpaired) electrons. The molecule has 128 valence electrons. The summed E-state index contributed by atoms with van der Waals surface area (Å²) in [6.45, 7) is 4.34. The maximum atomic E-state index is 13.7. The van der Waals surface area contributed by atoms with Crippen LogP contribution in [0, 0.1) is 12.7 Å². The van der Waals surface area contributed by atoms with E-state index in [1.807, 2.05) is 18.3 Å². The first-order valence-corrected chi connectivity index (χ1v) is 9.29. The predicted molar refractivity (Wildman–Crippen MR) is 89.4 cm³/mol. The summed E-state index contributed by atoms with van der Waals surface area (Å²) < 4.78 is 40.6. The summed E-state index contributed by atoms with van der Waals surface area (Å²) in [7, 11) is -3.66. The molecule has 0 unspecified atom stereocenters. The van der Waals surface area contributed by atoms with E-state index in [1.54, 1.807) is 6.20 Å². The number of hydrogen-bond acceptors (Lipinski definition) is 4. The maximum Gasteiger partial charge on any atom is 0.243 e. The highest BCUT2D eigenvalue weighted by atomic mass is 32.2. The summed E-state index contributed by atoms with van der Waals surface area (Å²) >= 11 is 0. The van der Waals surface area contributed by atoms with Crippen LogP contribution in [0.25, 0.3) is 0 Å². The van der Waals surface area contributed by atoms with Gasteiger partial charge in [-0.15, -0.1) is 0 Å². The van der Waals surface area contributed by atoms with E-state index < -0.39 is 15.8 Å². The Labute approximate surface area is 141 Å². The highest BCUT2D eigenvalue weighted by Crippen LogP contribution is 2.23. The van der Waals surface area contributed by atoms with E-state index in [1.165, 1.54) is 29.4 Å². The molecule has 24 heavy (non-hydrogen) atoms. The largest absolute Gasteiger partial charge is 0.296 e. The van der Waals surface area contributed by atoms with Gasteiger partial charge < -0.3 is 0 Å². The summed E-state index contributed by atoms with van der Waals surface area (Å²) in [6.07, 6.45) is 3.55. The third-order valence-corrected chi connectivity index (χ3v) is 6.34. The van der Waals surface area contributed by atoms with Gasteiger partial charge in [-0.25, -0.2) is 12.8 Å². The van der Waals surface area contributed by atoms with Crippen LogP contribution in [0.4, 0.5) is 4.39 Å². The molecule has 0 N–H and O–H groups in total. The minimum atomic E-state index is -3.66. The molecule has 0 saturated carbocycles.